The van der Waals surface area contributed by atoms with Gasteiger partial charge in [-0.15, -0.1) is 0 Å². The molecule has 2 aromatic carbocycles. The van der Waals surface area contributed by atoms with Crippen LogP contribution >= 0.6 is 31.9 Å². The van der Waals surface area contributed by atoms with Crippen molar-refractivity contribution >= 4 is 31.9 Å². The number of rotatable bonds is 5. The van der Waals surface area contributed by atoms with Crippen molar-refractivity contribution in [3.05, 3.63) is 68.4 Å². The van der Waals surface area contributed by atoms with E-state index in [1.165, 1.54) is 6.07 Å². The van der Waals surface area contributed by atoms with Gasteiger partial charge in [-0.3, -0.25) is 0 Å². The fourth-order valence-corrected chi connectivity index (χ4v) is 3.12. The van der Waals surface area contributed by atoms with Crippen molar-refractivity contribution in [3.63, 3.8) is 0 Å². The van der Waals surface area contributed by atoms with Gasteiger partial charge in [-0.05, 0) is 47.9 Å². The Morgan fingerprint density at radius 3 is 2.24 bits per heavy atom. The highest BCUT2D eigenvalue weighted by Gasteiger charge is 2.32. The Morgan fingerprint density at radius 2 is 1.62 bits per heavy atom. The fourth-order valence-electron chi connectivity index (χ4n) is 2.31. The summed E-state index contributed by atoms with van der Waals surface area (Å²) in [5.74, 6) is -0.348. The smallest absolute Gasteiger partial charge is 0.126 e. The Morgan fingerprint density at radius 1 is 0.952 bits per heavy atom. The standard InChI is InChI=1S/C16H15Br2FO2/c17-13-3-1-2-12(7-13)16(9-20,10-21)8-11-6-14(18)4-5-15(11)19/h1-7,20-21H,8-10H2. The first-order chi connectivity index (χ1) is 10.0. The van der Waals surface area contributed by atoms with E-state index in [0.717, 1.165) is 14.5 Å². The average Bonchev–Trinajstić information content (AvgIpc) is 2.48. The quantitative estimate of drug-likeness (QED) is 0.776. The predicted molar refractivity (Wildman–Crippen MR) is 87.8 cm³/mol. The summed E-state index contributed by atoms with van der Waals surface area (Å²) in [6.07, 6.45) is 0.210. The molecule has 0 aromatic heterocycles. The molecule has 0 bridgehead atoms. The van der Waals surface area contributed by atoms with Gasteiger partial charge in [-0.2, -0.15) is 0 Å². The largest absolute Gasteiger partial charge is 0.395 e. The number of aliphatic hydroxyl groups is 2. The van der Waals surface area contributed by atoms with Crippen LogP contribution in [0.15, 0.2) is 51.4 Å². The molecule has 5 heteroatoms. The maximum Gasteiger partial charge on any atom is 0.126 e. The lowest BCUT2D eigenvalue weighted by atomic mass is 9.77. The summed E-state index contributed by atoms with van der Waals surface area (Å²) < 4.78 is 15.6. The molecular weight excluding hydrogens is 403 g/mol. The molecule has 0 amide bonds. The van der Waals surface area contributed by atoms with Crippen LogP contribution in [0.1, 0.15) is 11.1 Å². The summed E-state index contributed by atoms with van der Waals surface area (Å²) in [5.41, 5.74) is 0.291. The monoisotopic (exact) mass is 416 g/mol. The highest BCUT2D eigenvalue weighted by atomic mass is 79.9. The molecule has 112 valence electrons. The lowest BCUT2D eigenvalue weighted by molar-refractivity contribution is 0.115. The van der Waals surface area contributed by atoms with Crippen LogP contribution in [0.3, 0.4) is 0 Å². The highest BCUT2D eigenvalue weighted by molar-refractivity contribution is 9.10. The molecule has 21 heavy (non-hydrogen) atoms. The van der Waals surface area contributed by atoms with Crippen LogP contribution in [0.4, 0.5) is 4.39 Å². The summed E-state index contributed by atoms with van der Waals surface area (Å²) in [6, 6.07) is 12.0. The Balaban J connectivity index is 2.45. The maximum absolute atomic E-state index is 14.0. The van der Waals surface area contributed by atoms with Gasteiger partial charge >= 0.3 is 0 Å². The third-order valence-corrected chi connectivity index (χ3v) is 4.57. The third-order valence-electron chi connectivity index (χ3n) is 3.58. The van der Waals surface area contributed by atoms with Gasteiger partial charge in [-0.1, -0.05) is 44.0 Å². The third kappa shape index (κ3) is 3.72. The van der Waals surface area contributed by atoms with Crippen LogP contribution in [0.5, 0.6) is 0 Å². The van der Waals surface area contributed by atoms with Gasteiger partial charge in [-0.25, -0.2) is 4.39 Å². The van der Waals surface area contributed by atoms with E-state index in [1.807, 2.05) is 24.3 Å². The summed E-state index contributed by atoms with van der Waals surface area (Å²) in [4.78, 5) is 0. The lowest BCUT2D eigenvalue weighted by Gasteiger charge is -2.31. The Kier molecular flexibility index (Phi) is 5.54. The zero-order valence-corrected chi connectivity index (χ0v) is 14.4. The van der Waals surface area contributed by atoms with E-state index < -0.39 is 5.41 Å². The minimum atomic E-state index is -0.925. The molecule has 2 nitrogen and oxygen atoms in total. The zero-order chi connectivity index (χ0) is 15.5. The average molecular weight is 418 g/mol. The van der Waals surface area contributed by atoms with E-state index in [-0.39, 0.29) is 25.5 Å². The molecular formula is C16H15Br2FO2. The van der Waals surface area contributed by atoms with Crippen molar-refractivity contribution in [1.82, 2.24) is 0 Å². The van der Waals surface area contributed by atoms with Crippen LogP contribution < -0.4 is 0 Å². The van der Waals surface area contributed by atoms with Crippen LogP contribution in [0.25, 0.3) is 0 Å². The summed E-state index contributed by atoms with van der Waals surface area (Å²) in [7, 11) is 0. The lowest BCUT2D eigenvalue weighted by Crippen LogP contribution is -2.37. The van der Waals surface area contributed by atoms with E-state index >= 15 is 0 Å². The maximum atomic E-state index is 14.0. The Labute approximate surface area is 139 Å². The van der Waals surface area contributed by atoms with Crippen molar-refractivity contribution in [2.24, 2.45) is 0 Å². The number of halogens is 3. The molecule has 2 aromatic rings. The number of hydrogen-bond acceptors (Lipinski definition) is 2. The molecule has 0 saturated heterocycles. The number of hydrogen-bond donors (Lipinski definition) is 2. The molecule has 0 aliphatic heterocycles. The van der Waals surface area contributed by atoms with Gasteiger partial charge in [0, 0.05) is 14.4 Å². The SMILES string of the molecule is OCC(CO)(Cc1cc(Br)ccc1F)c1cccc(Br)c1. The first-order valence-corrected chi connectivity index (χ1v) is 8.01. The number of aliphatic hydroxyl groups excluding tert-OH is 2. The van der Waals surface area contributed by atoms with Crippen molar-refractivity contribution in [3.8, 4) is 0 Å². The van der Waals surface area contributed by atoms with E-state index in [2.05, 4.69) is 31.9 Å². The summed E-state index contributed by atoms with van der Waals surface area (Å²) in [6.45, 7) is -0.544. The highest BCUT2D eigenvalue weighted by Crippen LogP contribution is 2.31. The summed E-state index contributed by atoms with van der Waals surface area (Å²) in [5, 5.41) is 19.7. The minimum Gasteiger partial charge on any atom is -0.395 e. The van der Waals surface area contributed by atoms with Crippen molar-refractivity contribution in [1.29, 1.82) is 0 Å². The van der Waals surface area contributed by atoms with Crippen LogP contribution in [-0.2, 0) is 11.8 Å². The molecule has 0 saturated carbocycles. The zero-order valence-electron chi connectivity index (χ0n) is 11.2. The van der Waals surface area contributed by atoms with E-state index in [0.29, 0.717) is 5.56 Å². The second kappa shape index (κ2) is 7.01. The Bertz CT molecular complexity index is 627. The summed E-state index contributed by atoms with van der Waals surface area (Å²) >= 11 is 6.70. The Hall–Kier alpha value is -0.750. The van der Waals surface area contributed by atoms with Gasteiger partial charge in [0.15, 0.2) is 0 Å². The van der Waals surface area contributed by atoms with Gasteiger partial charge in [0.2, 0.25) is 0 Å². The van der Waals surface area contributed by atoms with Gasteiger partial charge in [0.1, 0.15) is 5.82 Å². The normalized spacial score (nSPS) is 11.7. The van der Waals surface area contributed by atoms with E-state index in [4.69, 9.17) is 0 Å². The van der Waals surface area contributed by atoms with Crippen molar-refractivity contribution in [2.75, 3.05) is 13.2 Å². The second-order valence-corrected chi connectivity index (χ2v) is 6.85. The molecule has 0 fully saturated rings. The first kappa shape index (κ1) is 16.6. The van der Waals surface area contributed by atoms with E-state index in [9.17, 15) is 14.6 Å². The second-order valence-electron chi connectivity index (χ2n) is 5.02. The molecule has 0 aliphatic carbocycles. The minimum absolute atomic E-state index is 0.210. The van der Waals surface area contributed by atoms with Crippen LogP contribution in [-0.4, -0.2) is 23.4 Å². The topological polar surface area (TPSA) is 40.5 Å². The molecule has 0 spiro atoms. The number of benzene rings is 2. The molecule has 2 rings (SSSR count). The van der Waals surface area contributed by atoms with Crippen LogP contribution in [0, 0.1) is 5.82 Å². The predicted octanol–water partition coefficient (Wildman–Crippen LogP) is 3.82. The first-order valence-electron chi connectivity index (χ1n) is 6.42. The van der Waals surface area contributed by atoms with Crippen LogP contribution in [0.2, 0.25) is 0 Å². The van der Waals surface area contributed by atoms with Gasteiger partial charge in [0.25, 0.3) is 0 Å². The van der Waals surface area contributed by atoms with Crippen molar-refractivity contribution in [2.45, 2.75) is 11.8 Å². The molecule has 0 atom stereocenters. The van der Waals surface area contributed by atoms with Gasteiger partial charge in [0.05, 0.1) is 13.2 Å². The molecule has 0 aliphatic rings. The molecule has 2 N–H and O–H groups in total. The molecule has 0 unspecified atom stereocenters. The van der Waals surface area contributed by atoms with E-state index in [1.54, 1.807) is 12.1 Å². The molecule has 0 radical (unpaired) electrons. The van der Waals surface area contributed by atoms with Crippen molar-refractivity contribution < 1.29 is 14.6 Å². The van der Waals surface area contributed by atoms with Gasteiger partial charge < -0.3 is 10.2 Å². The fraction of sp³-hybridized carbons (Fsp3) is 0.250. The molecule has 0 heterocycles.